The molecule has 7 heteroatoms. The van der Waals surface area contributed by atoms with E-state index in [1.807, 2.05) is 24.3 Å². The van der Waals surface area contributed by atoms with Crippen LogP contribution < -0.4 is 10.1 Å². The van der Waals surface area contributed by atoms with Crippen LogP contribution in [0.15, 0.2) is 48.7 Å². The minimum Gasteiger partial charge on any atom is -0.490 e. The van der Waals surface area contributed by atoms with Crippen molar-refractivity contribution in [3.05, 3.63) is 70.1 Å². The molecule has 5 rings (SSSR count). The van der Waals surface area contributed by atoms with E-state index in [0.29, 0.717) is 28.5 Å². The van der Waals surface area contributed by atoms with Gasteiger partial charge in [0.25, 0.3) is 0 Å². The molecule has 3 aromatic rings. The van der Waals surface area contributed by atoms with E-state index in [-0.39, 0.29) is 23.3 Å². The van der Waals surface area contributed by atoms with Crippen molar-refractivity contribution in [3.63, 3.8) is 0 Å². The molecule has 226 valence electrons. The molecular weight excluding hydrogens is 565 g/mol. The predicted octanol–water partition coefficient (Wildman–Crippen LogP) is 9.45. The molecule has 0 spiro atoms. The van der Waals surface area contributed by atoms with E-state index in [0.717, 1.165) is 86.3 Å². The van der Waals surface area contributed by atoms with Gasteiger partial charge in [-0.2, -0.15) is 0 Å². The molecule has 2 aliphatic carbocycles. The van der Waals surface area contributed by atoms with Gasteiger partial charge in [-0.25, -0.2) is 4.98 Å². The number of imidazole rings is 1. The lowest BCUT2D eigenvalue weighted by Crippen LogP contribution is -2.38. The van der Waals surface area contributed by atoms with Crippen molar-refractivity contribution in [1.82, 2.24) is 14.9 Å². The Morgan fingerprint density at radius 2 is 1.76 bits per heavy atom. The van der Waals surface area contributed by atoms with Crippen molar-refractivity contribution in [2.45, 2.75) is 104 Å². The quantitative estimate of drug-likeness (QED) is 0.235. The van der Waals surface area contributed by atoms with Crippen LogP contribution in [0.2, 0.25) is 10.0 Å². The molecule has 1 aromatic heterocycles. The normalized spacial score (nSPS) is 19.9. The van der Waals surface area contributed by atoms with Gasteiger partial charge in [-0.3, -0.25) is 4.79 Å². The van der Waals surface area contributed by atoms with Gasteiger partial charge in [0.1, 0.15) is 11.6 Å². The number of nitrogens with one attached hydrogen (secondary N) is 1. The number of hydrogen-bond acceptors (Lipinski definition) is 3. The highest BCUT2D eigenvalue weighted by Gasteiger charge is 2.34. The molecule has 5 nitrogen and oxygen atoms in total. The summed E-state index contributed by atoms with van der Waals surface area (Å²) in [5.41, 5.74) is 3.05. The van der Waals surface area contributed by atoms with E-state index in [9.17, 15) is 4.79 Å². The Labute approximate surface area is 261 Å². The summed E-state index contributed by atoms with van der Waals surface area (Å²) in [4.78, 5) is 18.9. The van der Waals surface area contributed by atoms with E-state index in [4.69, 9.17) is 32.9 Å². The van der Waals surface area contributed by atoms with Crippen LogP contribution in [0.5, 0.6) is 5.75 Å². The molecule has 2 aliphatic rings. The number of halogens is 2. The lowest BCUT2D eigenvalue weighted by atomic mass is 9.69. The van der Waals surface area contributed by atoms with Crippen molar-refractivity contribution in [1.29, 1.82) is 0 Å². The van der Waals surface area contributed by atoms with Crippen molar-refractivity contribution < 1.29 is 9.53 Å². The highest BCUT2D eigenvalue weighted by molar-refractivity contribution is 6.36. The first kappa shape index (κ1) is 30.9. The lowest BCUT2D eigenvalue weighted by molar-refractivity contribution is -0.127. The number of amides is 1. The first-order valence-electron chi connectivity index (χ1n) is 15.7. The lowest BCUT2D eigenvalue weighted by Gasteiger charge is -2.36. The van der Waals surface area contributed by atoms with Crippen LogP contribution in [-0.2, 0) is 17.8 Å². The standard InChI is InChI=1S/C35H45Cl2N3O2/c1-5-6-19-40-22-32(29-18-13-26(36)21-30(29)37)38-33(40)31(20-23-7-14-27(15-8-23)42-28-16-17-28)39-34(41)24-9-11-25(12-10-24)35(2,3)4/h7-8,13-15,18,21-22,24-25,28,31H,5-6,9-12,16-17,19-20H2,1-4H3,(H,39,41)/t24?,25?,31-/m0/s1. The number of aromatic nitrogens is 2. The smallest absolute Gasteiger partial charge is 0.223 e. The average Bonchev–Trinajstić information content (AvgIpc) is 3.68. The predicted molar refractivity (Wildman–Crippen MR) is 172 cm³/mol. The molecule has 42 heavy (non-hydrogen) atoms. The zero-order chi connectivity index (χ0) is 29.9. The highest BCUT2D eigenvalue weighted by atomic mass is 35.5. The van der Waals surface area contributed by atoms with Crippen molar-refractivity contribution in [3.8, 4) is 17.0 Å². The van der Waals surface area contributed by atoms with E-state index in [1.54, 1.807) is 6.07 Å². The maximum Gasteiger partial charge on any atom is 0.223 e. The number of nitrogens with zero attached hydrogens (tertiary/aromatic N) is 2. The molecule has 0 unspecified atom stereocenters. The van der Waals surface area contributed by atoms with Crippen LogP contribution in [0.4, 0.5) is 0 Å². The maximum absolute atomic E-state index is 13.8. The number of ether oxygens (including phenoxy) is 1. The first-order valence-corrected chi connectivity index (χ1v) is 16.4. The number of carbonyl (C=O) groups is 1. The van der Waals surface area contributed by atoms with Gasteiger partial charge in [0.2, 0.25) is 5.91 Å². The molecule has 1 amide bonds. The minimum absolute atomic E-state index is 0.0321. The van der Waals surface area contributed by atoms with Crippen LogP contribution in [0.3, 0.4) is 0 Å². The van der Waals surface area contributed by atoms with Gasteiger partial charge in [0.15, 0.2) is 0 Å². The third kappa shape index (κ3) is 7.90. The van der Waals surface area contributed by atoms with Gasteiger partial charge in [0, 0.05) is 29.2 Å². The summed E-state index contributed by atoms with van der Waals surface area (Å²) in [5, 5.41) is 4.62. The Bertz CT molecular complexity index is 1350. The Kier molecular flexibility index (Phi) is 9.89. The maximum atomic E-state index is 13.8. The summed E-state index contributed by atoms with van der Waals surface area (Å²) in [7, 11) is 0. The molecule has 1 heterocycles. The van der Waals surface area contributed by atoms with E-state index in [1.165, 1.54) is 0 Å². The van der Waals surface area contributed by atoms with Gasteiger partial charge in [-0.15, -0.1) is 0 Å². The molecule has 0 radical (unpaired) electrons. The number of rotatable bonds is 11. The molecular formula is C35H45Cl2N3O2. The van der Waals surface area contributed by atoms with Crippen LogP contribution in [0.1, 0.15) is 96.5 Å². The SMILES string of the molecule is CCCCn1cc(-c2ccc(Cl)cc2Cl)nc1[C@H](Cc1ccc(OC2CC2)cc1)NC(=O)C1CCC(C(C)(C)C)CC1. The summed E-state index contributed by atoms with van der Waals surface area (Å²) in [6, 6.07) is 13.5. The third-order valence-corrected chi connectivity index (χ3v) is 9.46. The van der Waals surface area contributed by atoms with E-state index in [2.05, 4.69) is 55.9 Å². The molecule has 0 saturated heterocycles. The number of aryl methyl sites for hydroxylation is 1. The molecule has 2 saturated carbocycles. The molecule has 0 aliphatic heterocycles. The number of benzene rings is 2. The summed E-state index contributed by atoms with van der Waals surface area (Å²) < 4.78 is 8.18. The Hall–Kier alpha value is -2.50. The molecule has 2 fully saturated rings. The Morgan fingerprint density at radius 3 is 2.38 bits per heavy atom. The summed E-state index contributed by atoms with van der Waals surface area (Å²) in [6.07, 6.45) is 11.5. The van der Waals surface area contributed by atoms with Crippen LogP contribution in [0, 0.1) is 17.3 Å². The summed E-state index contributed by atoms with van der Waals surface area (Å²) in [6.45, 7) is 9.95. The average molecular weight is 611 g/mol. The van der Waals surface area contributed by atoms with Gasteiger partial charge in [-0.05, 0) is 98.6 Å². The first-order chi connectivity index (χ1) is 20.1. The van der Waals surface area contributed by atoms with Crippen LogP contribution in [-0.4, -0.2) is 21.6 Å². The van der Waals surface area contributed by atoms with Crippen molar-refractivity contribution >= 4 is 29.1 Å². The topological polar surface area (TPSA) is 56.1 Å². The second-order valence-electron chi connectivity index (χ2n) is 13.3. The zero-order valence-electron chi connectivity index (χ0n) is 25.5. The van der Waals surface area contributed by atoms with Gasteiger partial charge in [0.05, 0.1) is 22.9 Å². The summed E-state index contributed by atoms with van der Waals surface area (Å²) >= 11 is 12.8. The van der Waals surface area contributed by atoms with E-state index < -0.39 is 0 Å². The third-order valence-electron chi connectivity index (χ3n) is 8.91. The molecule has 2 aromatic carbocycles. The largest absolute Gasteiger partial charge is 0.490 e. The molecule has 1 atom stereocenters. The number of hydrogen-bond donors (Lipinski definition) is 1. The fraction of sp³-hybridized carbons (Fsp3) is 0.543. The van der Waals surface area contributed by atoms with Crippen molar-refractivity contribution in [2.75, 3.05) is 0 Å². The highest BCUT2D eigenvalue weighted by Crippen LogP contribution is 2.40. The second kappa shape index (κ2) is 13.4. The fourth-order valence-electron chi connectivity index (χ4n) is 6.08. The van der Waals surface area contributed by atoms with E-state index >= 15 is 0 Å². The fourth-order valence-corrected chi connectivity index (χ4v) is 6.58. The Morgan fingerprint density at radius 1 is 1.05 bits per heavy atom. The number of carbonyl (C=O) groups excluding carboxylic acids is 1. The monoisotopic (exact) mass is 609 g/mol. The minimum atomic E-state index is -0.273. The number of unbranched alkanes of at least 4 members (excludes halogenated alkanes) is 1. The second-order valence-corrected chi connectivity index (χ2v) is 14.1. The zero-order valence-corrected chi connectivity index (χ0v) is 27.0. The van der Waals surface area contributed by atoms with Crippen molar-refractivity contribution in [2.24, 2.45) is 17.3 Å². The van der Waals surface area contributed by atoms with Crippen LogP contribution >= 0.6 is 23.2 Å². The molecule has 0 bridgehead atoms. The Balaban J connectivity index is 1.42. The van der Waals surface area contributed by atoms with Gasteiger partial charge < -0.3 is 14.6 Å². The molecule has 1 N–H and O–H groups in total. The summed E-state index contributed by atoms with van der Waals surface area (Å²) in [5.74, 6) is 2.59. The van der Waals surface area contributed by atoms with Gasteiger partial charge >= 0.3 is 0 Å². The van der Waals surface area contributed by atoms with Gasteiger partial charge in [-0.1, -0.05) is 69.5 Å². The van der Waals surface area contributed by atoms with Crippen LogP contribution in [0.25, 0.3) is 11.3 Å².